The van der Waals surface area contributed by atoms with E-state index in [1.54, 1.807) is 7.11 Å². The predicted molar refractivity (Wildman–Crippen MR) is 40.2 cm³/mol. The second kappa shape index (κ2) is 10.0. The highest BCUT2D eigenvalue weighted by Crippen LogP contribution is 1.89. The minimum Gasteiger partial charge on any atom is -0.382 e. The van der Waals surface area contributed by atoms with Crippen molar-refractivity contribution in [3.63, 3.8) is 0 Å². The van der Waals surface area contributed by atoms with Crippen molar-refractivity contribution in [1.82, 2.24) is 0 Å². The largest absolute Gasteiger partial charge is 0.382 e. The number of hydrogen-bond donors (Lipinski definition) is 0. The average molecular weight is 120 g/mol. The monoisotopic (exact) mass is 120 g/mol. The van der Waals surface area contributed by atoms with E-state index in [9.17, 15) is 0 Å². The maximum absolute atomic E-state index is 4.90. The summed E-state index contributed by atoms with van der Waals surface area (Å²) >= 11 is 0. The van der Waals surface area contributed by atoms with E-state index in [1.807, 2.05) is 0 Å². The molecule has 1 heteroatoms. The molecule has 1 nitrogen and oxygen atoms in total. The molecule has 0 aromatic carbocycles. The Morgan fingerprint density at radius 1 is 1.38 bits per heavy atom. The maximum atomic E-state index is 4.90. The average Bonchev–Trinajstić information content (AvgIpc) is 1.65. The van der Waals surface area contributed by atoms with Gasteiger partial charge in [0.2, 0.25) is 0 Å². The molecule has 0 N–H and O–H groups in total. The molecule has 8 heavy (non-hydrogen) atoms. The third-order valence-electron chi connectivity index (χ3n) is 0.977. The van der Waals surface area contributed by atoms with Crippen LogP contribution in [0.25, 0.3) is 0 Å². The van der Waals surface area contributed by atoms with E-state index in [1.165, 1.54) is 0 Å². The minimum absolute atomic E-state index is 0. The number of ether oxygens (including phenoxy) is 1. The van der Waals surface area contributed by atoms with Crippen molar-refractivity contribution in [2.45, 2.75) is 41.2 Å². The van der Waals surface area contributed by atoms with Crippen LogP contribution in [0.15, 0.2) is 0 Å². The van der Waals surface area contributed by atoms with Crippen LogP contribution in [-0.2, 0) is 4.74 Å². The fourth-order valence-electron chi connectivity index (χ4n) is 0.167. The highest BCUT2D eigenvalue weighted by molar-refractivity contribution is 4.38. The SMILES string of the molecule is C.C.CCC(C)OC. The van der Waals surface area contributed by atoms with E-state index < -0.39 is 0 Å². The Balaban J connectivity index is -0.000000125. The van der Waals surface area contributed by atoms with Crippen molar-refractivity contribution in [3.05, 3.63) is 0 Å². The smallest absolute Gasteiger partial charge is 0.0540 e. The van der Waals surface area contributed by atoms with Crippen LogP contribution >= 0.6 is 0 Å². The van der Waals surface area contributed by atoms with E-state index in [2.05, 4.69) is 13.8 Å². The van der Waals surface area contributed by atoms with Crippen LogP contribution in [0.3, 0.4) is 0 Å². The molecule has 54 valence electrons. The van der Waals surface area contributed by atoms with Crippen molar-refractivity contribution in [2.24, 2.45) is 0 Å². The summed E-state index contributed by atoms with van der Waals surface area (Å²) < 4.78 is 4.90. The van der Waals surface area contributed by atoms with E-state index in [-0.39, 0.29) is 14.9 Å². The quantitative estimate of drug-likeness (QED) is 0.544. The Bertz CT molecular complexity index is 23.6. The lowest BCUT2D eigenvalue weighted by atomic mass is 10.3. The zero-order valence-corrected chi connectivity index (χ0v) is 4.69. The molecule has 0 saturated carbocycles. The summed E-state index contributed by atoms with van der Waals surface area (Å²) in [6, 6.07) is 0. The van der Waals surface area contributed by atoms with Gasteiger partial charge in [0.05, 0.1) is 6.10 Å². The third kappa shape index (κ3) is 9.35. The lowest BCUT2D eigenvalue weighted by Gasteiger charge is -2.01. The van der Waals surface area contributed by atoms with Gasteiger partial charge in [0.1, 0.15) is 0 Å². The molecule has 0 spiro atoms. The van der Waals surface area contributed by atoms with Crippen LogP contribution in [0.5, 0.6) is 0 Å². The van der Waals surface area contributed by atoms with E-state index in [0.717, 1.165) is 6.42 Å². The zero-order chi connectivity index (χ0) is 4.99. The molecule has 0 bridgehead atoms. The van der Waals surface area contributed by atoms with Gasteiger partial charge in [-0.05, 0) is 13.3 Å². The molecular weight excluding hydrogens is 100 g/mol. The lowest BCUT2D eigenvalue weighted by Crippen LogP contribution is -2.00. The summed E-state index contributed by atoms with van der Waals surface area (Å²) in [5.74, 6) is 0. The Labute approximate surface area is 54.1 Å². The first-order valence-electron chi connectivity index (χ1n) is 2.34. The summed E-state index contributed by atoms with van der Waals surface area (Å²) in [6.07, 6.45) is 1.54. The number of methoxy groups -OCH3 is 1. The van der Waals surface area contributed by atoms with Crippen LogP contribution in [0.4, 0.5) is 0 Å². The Kier molecular flexibility index (Phi) is 19.7. The first kappa shape index (κ1) is 15.7. The van der Waals surface area contributed by atoms with E-state index in [0.29, 0.717) is 6.10 Å². The van der Waals surface area contributed by atoms with Crippen molar-refractivity contribution >= 4 is 0 Å². The molecular formula is C7H20O. The molecule has 0 amide bonds. The second-order valence-corrected chi connectivity index (χ2v) is 1.45. The molecule has 1 atom stereocenters. The summed E-state index contributed by atoms with van der Waals surface area (Å²) in [6.45, 7) is 4.16. The van der Waals surface area contributed by atoms with Crippen LogP contribution in [0.2, 0.25) is 0 Å². The Morgan fingerprint density at radius 2 is 1.75 bits per heavy atom. The van der Waals surface area contributed by atoms with Gasteiger partial charge in [0.25, 0.3) is 0 Å². The number of hydrogen-bond acceptors (Lipinski definition) is 1. The molecule has 0 saturated heterocycles. The van der Waals surface area contributed by atoms with Crippen LogP contribution in [-0.4, -0.2) is 13.2 Å². The van der Waals surface area contributed by atoms with Crippen LogP contribution in [0.1, 0.15) is 35.1 Å². The van der Waals surface area contributed by atoms with Gasteiger partial charge in [0.15, 0.2) is 0 Å². The van der Waals surface area contributed by atoms with Gasteiger partial charge >= 0.3 is 0 Å². The second-order valence-electron chi connectivity index (χ2n) is 1.45. The van der Waals surface area contributed by atoms with E-state index in [4.69, 9.17) is 4.74 Å². The van der Waals surface area contributed by atoms with Crippen molar-refractivity contribution in [2.75, 3.05) is 7.11 Å². The fourth-order valence-corrected chi connectivity index (χ4v) is 0.167. The van der Waals surface area contributed by atoms with Gasteiger partial charge < -0.3 is 4.74 Å². The van der Waals surface area contributed by atoms with Crippen molar-refractivity contribution < 1.29 is 4.74 Å². The first-order chi connectivity index (χ1) is 2.81. The van der Waals surface area contributed by atoms with Crippen molar-refractivity contribution in [1.29, 1.82) is 0 Å². The molecule has 0 aliphatic heterocycles. The van der Waals surface area contributed by atoms with Gasteiger partial charge in [-0.3, -0.25) is 0 Å². The third-order valence-corrected chi connectivity index (χ3v) is 0.977. The van der Waals surface area contributed by atoms with Gasteiger partial charge in [-0.25, -0.2) is 0 Å². The summed E-state index contributed by atoms with van der Waals surface area (Å²) in [5.41, 5.74) is 0. The molecule has 0 aromatic rings. The normalized spacial score (nSPS) is 10.9. The molecule has 0 aromatic heterocycles. The minimum atomic E-state index is 0. The standard InChI is InChI=1S/C5H12O.2CH4/c1-4-5(2)6-3;;/h5H,4H2,1-3H3;2*1H4. The summed E-state index contributed by atoms with van der Waals surface area (Å²) in [5, 5.41) is 0. The first-order valence-corrected chi connectivity index (χ1v) is 2.34. The topological polar surface area (TPSA) is 9.23 Å². The van der Waals surface area contributed by atoms with Gasteiger partial charge in [-0.2, -0.15) is 0 Å². The zero-order valence-electron chi connectivity index (χ0n) is 4.69. The van der Waals surface area contributed by atoms with Crippen LogP contribution < -0.4 is 0 Å². The van der Waals surface area contributed by atoms with Crippen LogP contribution in [0, 0.1) is 0 Å². The number of rotatable bonds is 2. The Hall–Kier alpha value is -0.0400. The summed E-state index contributed by atoms with van der Waals surface area (Å²) in [7, 11) is 1.73. The van der Waals surface area contributed by atoms with Gasteiger partial charge in [0, 0.05) is 7.11 Å². The molecule has 0 heterocycles. The van der Waals surface area contributed by atoms with Gasteiger partial charge in [-0.1, -0.05) is 21.8 Å². The highest BCUT2D eigenvalue weighted by atomic mass is 16.5. The molecule has 0 aliphatic carbocycles. The fraction of sp³-hybridized carbons (Fsp3) is 1.00. The summed E-state index contributed by atoms with van der Waals surface area (Å²) in [4.78, 5) is 0. The predicted octanol–water partition coefficient (Wildman–Crippen LogP) is 2.70. The molecule has 0 fully saturated rings. The maximum Gasteiger partial charge on any atom is 0.0540 e. The van der Waals surface area contributed by atoms with Gasteiger partial charge in [-0.15, -0.1) is 0 Å². The van der Waals surface area contributed by atoms with Crippen molar-refractivity contribution in [3.8, 4) is 0 Å². The molecule has 0 aliphatic rings. The molecule has 1 unspecified atom stereocenters. The molecule has 0 radical (unpaired) electrons. The molecule has 0 rings (SSSR count). The van der Waals surface area contributed by atoms with E-state index >= 15 is 0 Å². The highest BCUT2D eigenvalue weighted by Gasteiger charge is 1.88. The Morgan fingerprint density at radius 3 is 1.75 bits per heavy atom. The lowest BCUT2D eigenvalue weighted by molar-refractivity contribution is 0.115.